The molecule has 0 saturated carbocycles. The molecule has 0 heterocycles. The Bertz CT molecular complexity index is 549. The molecule has 0 fully saturated rings. The zero-order valence-electron chi connectivity index (χ0n) is 11.1. The number of benzene rings is 2. The van der Waals surface area contributed by atoms with Crippen LogP contribution in [-0.2, 0) is 16.9 Å². The zero-order valence-corrected chi connectivity index (χ0v) is 12.0. The van der Waals surface area contributed by atoms with Crippen molar-refractivity contribution in [3.8, 4) is 0 Å². The van der Waals surface area contributed by atoms with Crippen molar-refractivity contribution >= 4 is 12.6 Å². The van der Waals surface area contributed by atoms with Gasteiger partial charge in [-0.1, -0.05) is 48.5 Å². The molecule has 106 valence electrons. The summed E-state index contributed by atoms with van der Waals surface area (Å²) in [7, 11) is 0. The van der Waals surface area contributed by atoms with Gasteiger partial charge in [0.2, 0.25) is 0 Å². The molecular formula is C16H18FNOS. The average molecular weight is 291 g/mol. The van der Waals surface area contributed by atoms with Crippen molar-refractivity contribution in [3.05, 3.63) is 71.5 Å². The minimum Gasteiger partial charge on any atom is -0.374 e. The monoisotopic (exact) mass is 291 g/mol. The second kappa shape index (κ2) is 6.88. The summed E-state index contributed by atoms with van der Waals surface area (Å²) in [6, 6.07) is 16.3. The van der Waals surface area contributed by atoms with Crippen LogP contribution in [0, 0.1) is 5.82 Å². The van der Waals surface area contributed by atoms with Gasteiger partial charge in [0.05, 0.1) is 18.8 Å². The molecule has 0 radical (unpaired) electrons. The number of hydrogen-bond acceptors (Lipinski definition) is 3. The SMILES string of the molecule is NC(CS)(COCc1ccccc1)c1ccccc1F. The normalized spacial score (nSPS) is 13.9. The molecule has 0 spiro atoms. The third-order valence-electron chi connectivity index (χ3n) is 3.16. The zero-order chi connectivity index (χ0) is 14.4. The minimum absolute atomic E-state index is 0.215. The van der Waals surface area contributed by atoms with E-state index in [9.17, 15) is 4.39 Å². The van der Waals surface area contributed by atoms with E-state index in [4.69, 9.17) is 10.5 Å². The Kier molecular flexibility index (Phi) is 5.17. The van der Waals surface area contributed by atoms with Gasteiger partial charge in [-0.05, 0) is 11.6 Å². The summed E-state index contributed by atoms with van der Waals surface area (Å²) in [6.07, 6.45) is 0. The number of halogens is 1. The van der Waals surface area contributed by atoms with Crippen LogP contribution in [0.4, 0.5) is 4.39 Å². The maximum absolute atomic E-state index is 13.9. The molecule has 0 saturated heterocycles. The molecule has 2 nitrogen and oxygen atoms in total. The lowest BCUT2D eigenvalue weighted by Gasteiger charge is -2.28. The molecule has 0 bridgehead atoms. The van der Waals surface area contributed by atoms with Crippen LogP contribution in [0.1, 0.15) is 11.1 Å². The fourth-order valence-electron chi connectivity index (χ4n) is 2.00. The lowest BCUT2D eigenvalue weighted by molar-refractivity contribution is 0.0789. The van der Waals surface area contributed by atoms with Gasteiger partial charge in [0.1, 0.15) is 5.82 Å². The highest BCUT2D eigenvalue weighted by Gasteiger charge is 2.29. The Morgan fingerprint density at radius 2 is 1.70 bits per heavy atom. The van der Waals surface area contributed by atoms with Gasteiger partial charge in [-0.25, -0.2) is 4.39 Å². The van der Waals surface area contributed by atoms with Crippen LogP contribution >= 0.6 is 12.6 Å². The van der Waals surface area contributed by atoms with E-state index in [0.29, 0.717) is 17.9 Å². The molecule has 2 aromatic carbocycles. The van der Waals surface area contributed by atoms with Crippen molar-refractivity contribution < 1.29 is 9.13 Å². The molecule has 2 rings (SSSR count). The molecule has 0 amide bonds. The van der Waals surface area contributed by atoms with Crippen molar-refractivity contribution in [2.45, 2.75) is 12.1 Å². The van der Waals surface area contributed by atoms with Crippen molar-refractivity contribution in [1.29, 1.82) is 0 Å². The van der Waals surface area contributed by atoms with Crippen LogP contribution in [-0.4, -0.2) is 12.4 Å². The highest BCUT2D eigenvalue weighted by molar-refractivity contribution is 7.80. The van der Waals surface area contributed by atoms with Crippen LogP contribution in [0.5, 0.6) is 0 Å². The van der Waals surface area contributed by atoms with Crippen molar-refractivity contribution in [2.75, 3.05) is 12.4 Å². The molecule has 1 unspecified atom stereocenters. The van der Waals surface area contributed by atoms with Gasteiger partial charge in [-0.3, -0.25) is 0 Å². The molecule has 1 atom stereocenters. The lowest BCUT2D eigenvalue weighted by atomic mass is 9.93. The number of nitrogens with two attached hydrogens (primary N) is 1. The quantitative estimate of drug-likeness (QED) is 0.802. The van der Waals surface area contributed by atoms with Crippen LogP contribution in [0.25, 0.3) is 0 Å². The van der Waals surface area contributed by atoms with Gasteiger partial charge in [0, 0.05) is 11.3 Å². The molecule has 2 aromatic rings. The smallest absolute Gasteiger partial charge is 0.128 e. The highest BCUT2D eigenvalue weighted by Crippen LogP contribution is 2.23. The van der Waals surface area contributed by atoms with E-state index < -0.39 is 5.54 Å². The summed E-state index contributed by atoms with van der Waals surface area (Å²) < 4.78 is 19.5. The van der Waals surface area contributed by atoms with Crippen LogP contribution < -0.4 is 5.73 Å². The van der Waals surface area contributed by atoms with E-state index in [1.807, 2.05) is 30.3 Å². The van der Waals surface area contributed by atoms with Crippen LogP contribution in [0.2, 0.25) is 0 Å². The second-order valence-corrected chi connectivity index (χ2v) is 5.09. The highest BCUT2D eigenvalue weighted by atomic mass is 32.1. The fourth-order valence-corrected chi connectivity index (χ4v) is 2.26. The average Bonchev–Trinajstić information content (AvgIpc) is 2.48. The van der Waals surface area contributed by atoms with Gasteiger partial charge in [0.25, 0.3) is 0 Å². The summed E-state index contributed by atoms with van der Waals surface area (Å²) in [5.41, 5.74) is 6.81. The van der Waals surface area contributed by atoms with Crippen LogP contribution in [0.3, 0.4) is 0 Å². The minimum atomic E-state index is -0.927. The topological polar surface area (TPSA) is 35.2 Å². The molecule has 20 heavy (non-hydrogen) atoms. The summed E-state index contributed by atoms with van der Waals surface area (Å²) in [5.74, 6) is -0.0183. The van der Waals surface area contributed by atoms with Gasteiger partial charge in [-0.15, -0.1) is 0 Å². The van der Waals surface area contributed by atoms with E-state index in [1.165, 1.54) is 6.07 Å². The summed E-state index contributed by atoms with van der Waals surface area (Å²) in [4.78, 5) is 0. The number of ether oxygens (including phenoxy) is 1. The van der Waals surface area contributed by atoms with Gasteiger partial charge >= 0.3 is 0 Å². The Balaban J connectivity index is 2.03. The molecule has 0 aromatic heterocycles. The number of rotatable bonds is 6. The number of hydrogen-bond donors (Lipinski definition) is 2. The summed E-state index contributed by atoms with van der Waals surface area (Å²) in [5, 5.41) is 0. The van der Waals surface area contributed by atoms with Crippen LogP contribution in [0.15, 0.2) is 54.6 Å². The largest absolute Gasteiger partial charge is 0.374 e. The predicted octanol–water partition coefficient (Wildman–Crippen LogP) is 3.13. The molecule has 0 aliphatic heterocycles. The first-order chi connectivity index (χ1) is 9.65. The molecule has 0 aliphatic rings. The lowest BCUT2D eigenvalue weighted by Crippen LogP contribution is -2.44. The van der Waals surface area contributed by atoms with Gasteiger partial charge in [-0.2, -0.15) is 12.6 Å². The maximum atomic E-state index is 13.9. The van der Waals surface area contributed by atoms with Crippen molar-refractivity contribution in [2.24, 2.45) is 5.73 Å². The molecule has 0 aliphatic carbocycles. The first-order valence-corrected chi connectivity index (χ1v) is 7.05. The third kappa shape index (κ3) is 3.60. The first kappa shape index (κ1) is 15.0. The standard InChI is InChI=1S/C16H18FNOS/c17-15-9-5-4-8-14(15)16(18,12-20)11-19-10-13-6-2-1-3-7-13/h1-9,20H,10-12,18H2. The van der Waals surface area contributed by atoms with E-state index in [-0.39, 0.29) is 12.4 Å². The third-order valence-corrected chi connectivity index (χ3v) is 3.73. The first-order valence-electron chi connectivity index (χ1n) is 6.42. The molecule has 4 heteroatoms. The summed E-state index contributed by atoms with van der Waals surface area (Å²) in [6.45, 7) is 0.661. The molecular weight excluding hydrogens is 273 g/mol. The van der Waals surface area contributed by atoms with E-state index in [1.54, 1.807) is 18.2 Å². The van der Waals surface area contributed by atoms with E-state index in [2.05, 4.69) is 12.6 Å². The number of thiol groups is 1. The van der Waals surface area contributed by atoms with Crippen molar-refractivity contribution in [1.82, 2.24) is 0 Å². The van der Waals surface area contributed by atoms with E-state index in [0.717, 1.165) is 5.56 Å². The van der Waals surface area contributed by atoms with Crippen molar-refractivity contribution in [3.63, 3.8) is 0 Å². The van der Waals surface area contributed by atoms with E-state index >= 15 is 0 Å². The summed E-state index contributed by atoms with van der Waals surface area (Å²) >= 11 is 4.25. The molecule has 2 N–H and O–H groups in total. The van der Waals surface area contributed by atoms with Gasteiger partial charge in [0.15, 0.2) is 0 Å². The fraction of sp³-hybridized carbons (Fsp3) is 0.250. The van der Waals surface area contributed by atoms with Gasteiger partial charge < -0.3 is 10.5 Å². The Hall–Kier alpha value is -1.36. The Morgan fingerprint density at radius 1 is 1.05 bits per heavy atom. The predicted molar refractivity (Wildman–Crippen MR) is 82.2 cm³/mol. The Morgan fingerprint density at radius 3 is 2.35 bits per heavy atom. The second-order valence-electron chi connectivity index (χ2n) is 4.77. The Labute approximate surface area is 124 Å². The maximum Gasteiger partial charge on any atom is 0.128 e.